The Labute approximate surface area is 192 Å². The molecule has 0 atom stereocenters. The zero-order valence-electron chi connectivity index (χ0n) is 18.1. The van der Waals surface area contributed by atoms with Crippen LogP contribution in [-0.4, -0.2) is 15.3 Å². The third-order valence-electron chi connectivity index (χ3n) is 4.86. The second-order valence-corrected chi connectivity index (χ2v) is 7.00. The maximum absolute atomic E-state index is 13.2. The van der Waals surface area contributed by atoms with Gasteiger partial charge in [-0.3, -0.25) is 19.4 Å². The molecular weight excluding hydrogens is 447 g/mol. The van der Waals surface area contributed by atoms with Crippen molar-refractivity contribution in [1.29, 1.82) is 5.26 Å². The predicted octanol–water partition coefficient (Wildman–Crippen LogP) is 3.67. The van der Waals surface area contributed by atoms with Gasteiger partial charge >= 0.3 is 11.9 Å². The summed E-state index contributed by atoms with van der Waals surface area (Å²) in [6, 6.07) is 12.8. The molecule has 0 saturated carbocycles. The van der Waals surface area contributed by atoms with Crippen molar-refractivity contribution in [2.75, 3.05) is 5.43 Å². The van der Waals surface area contributed by atoms with Crippen molar-refractivity contribution in [3.8, 4) is 23.6 Å². The SMILES string of the molecule is CCn1c(=O)c(C#C/C=N/Nc2ccc(C#N)cc2)c(C)n(-c2cccc(C(F)(F)F)c2)c1=O. The van der Waals surface area contributed by atoms with E-state index in [2.05, 4.69) is 22.4 Å². The minimum atomic E-state index is -4.59. The number of alkyl halides is 3. The Balaban J connectivity index is 2.01. The second kappa shape index (κ2) is 9.92. The van der Waals surface area contributed by atoms with E-state index in [1.54, 1.807) is 31.2 Å². The van der Waals surface area contributed by atoms with Crippen molar-refractivity contribution in [2.24, 2.45) is 5.10 Å². The van der Waals surface area contributed by atoms with Gasteiger partial charge in [0.25, 0.3) is 5.56 Å². The first-order chi connectivity index (χ1) is 16.2. The Morgan fingerprint density at radius 2 is 1.85 bits per heavy atom. The fourth-order valence-corrected chi connectivity index (χ4v) is 3.16. The zero-order chi connectivity index (χ0) is 24.9. The summed E-state index contributed by atoms with van der Waals surface area (Å²) in [6.45, 7) is 3.04. The van der Waals surface area contributed by atoms with Gasteiger partial charge in [-0.1, -0.05) is 12.0 Å². The molecule has 0 amide bonds. The molecule has 1 heterocycles. The lowest BCUT2D eigenvalue weighted by Crippen LogP contribution is -2.41. The van der Waals surface area contributed by atoms with Gasteiger partial charge in [-0.15, -0.1) is 0 Å². The molecule has 1 N–H and O–H groups in total. The van der Waals surface area contributed by atoms with Gasteiger partial charge in [-0.25, -0.2) is 4.79 Å². The van der Waals surface area contributed by atoms with Crippen molar-refractivity contribution in [2.45, 2.75) is 26.6 Å². The molecule has 7 nitrogen and oxygen atoms in total. The molecule has 2 aromatic carbocycles. The highest BCUT2D eigenvalue weighted by Crippen LogP contribution is 2.30. The van der Waals surface area contributed by atoms with Crippen molar-refractivity contribution < 1.29 is 13.2 Å². The molecule has 10 heteroatoms. The highest BCUT2D eigenvalue weighted by molar-refractivity contribution is 5.80. The van der Waals surface area contributed by atoms with Crippen molar-refractivity contribution in [3.05, 3.63) is 91.8 Å². The van der Waals surface area contributed by atoms with Gasteiger partial charge in [-0.05, 0) is 62.2 Å². The molecule has 0 bridgehead atoms. The average molecular weight is 465 g/mol. The Morgan fingerprint density at radius 1 is 1.15 bits per heavy atom. The molecule has 0 aliphatic heterocycles. The number of aromatic nitrogens is 2. The summed E-state index contributed by atoms with van der Waals surface area (Å²) >= 11 is 0. The van der Waals surface area contributed by atoms with E-state index in [0.29, 0.717) is 11.3 Å². The number of hydrazone groups is 1. The van der Waals surface area contributed by atoms with Crippen molar-refractivity contribution >= 4 is 11.9 Å². The highest BCUT2D eigenvalue weighted by Gasteiger charge is 2.31. The number of hydrogen-bond acceptors (Lipinski definition) is 5. The van der Waals surface area contributed by atoms with Crippen molar-refractivity contribution in [3.63, 3.8) is 0 Å². The fraction of sp³-hybridized carbons (Fsp3) is 0.167. The third kappa shape index (κ3) is 5.08. The summed E-state index contributed by atoms with van der Waals surface area (Å²) in [5.41, 5.74) is 1.54. The van der Waals surface area contributed by atoms with Crippen LogP contribution in [0.25, 0.3) is 5.69 Å². The molecule has 0 unspecified atom stereocenters. The monoisotopic (exact) mass is 465 g/mol. The van der Waals surface area contributed by atoms with Gasteiger partial charge in [0, 0.05) is 12.2 Å². The molecule has 0 radical (unpaired) electrons. The van der Waals surface area contributed by atoms with Crippen LogP contribution in [0.3, 0.4) is 0 Å². The van der Waals surface area contributed by atoms with Crippen LogP contribution in [0.4, 0.5) is 18.9 Å². The molecule has 0 saturated heterocycles. The van der Waals surface area contributed by atoms with E-state index in [1.807, 2.05) is 6.07 Å². The first-order valence-electron chi connectivity index (χ1n) is 10.0. The quantitative estimate of drug-likeness (QED) is 0.362. The van der Waals surface area contributed by atoms with Crippen LogP contribution in [0, 0.1) is 30.1 Å². The van der Waals surface area contributed by atoms with E-state index in [0.717, 1.165) is 21.3 Å². The van der Waals surface area contributed by atoms with Crippen LogP contribution in [-0.2, 0) is 12.7 Å². The van der Waals surface area contributed by atoms with Crippen LogP contribution in [0.5, 0.6) is 0 Å². The number of anilines is 1. The number of nitriles is 1. The number of rotatable bonds is 4. The van der Waals surface area contributed by atoms with Gasteiger partial charge in [0.2, 0.25) is 0 Å². The Morgan fingerprint density at radius 3 is 2.47 bits per heavy atom. The first-order valence-corrected chi connectivity index (χ1v) is 10.0. The van der Waals surface area contributed by atoms with Crippen LogP contribution in [0.1, 0.15) is 29.3 Å². The number of benzene rings is 2. The zero-order valence-corrected chi connectivity index (χ0v) is 18.1. The van der Waals surface area contributed by atoms with Crippen LogP contribution in [0.2, 0.25) is 0 Å². The first kappa shape index (κ1) is 24.1. The standard InChI is InChI=1S/C24H18F3N5O2/c1-3-31-22(33)21(8-5-13-29-30-19-11-9-17(15-28)10-12-19)16(2)32(23(31)34)20-7-4-6-18(14-20)24(25,26)27/h4,6-7,9-14,30H,3H2,1-2H3/b29-13+. The maximum atomic E-state index is 13.2. The number of nitrogens with one attached hydrogen (secondary N) is 1. The molecule has 0 aliphatic rings. The minimum absolute atomic E-state index is 0.0138. The van der Waals surface area contributed by atoms with E-state index in [-0.39, 0.29) is 23.5 Å². The van der Waals surface area contributed by atoms with Gasteiger partial charge in [0.15, 0.2) is 0 Å². The molecule has 0 aliphatic carbocycles. The van der Waals surface area contributed by atoms with Gasteiger partial charge in [0.05, 0.1) is 34.8 Å². The highest BCUT2D eigenvalue weighted by atomic mass is 19.4. The fourth-order valence-electron chi connectivity index (χ4n) is 3.16. The minimum Gasteiger partial charge on any atom is -0.278 e. The molecule has 3 rings (SSSR count). The van der Waals surface area contributed by atoms with Crippen LogP contribution >= 0.6 is 0 Å². The molecule has 0 spiro atoms. The smallest absolute Gasteiger partial charge is 0.278 e. The van der Waals surface area contributed by atoms with Gasteiger partial charge in [0.1, 0.15) is 5.56 Å². The molecular formula is C24H18F3N5O2. The molecule has 1 aromatic heterocycles. The number of nitrogens with zero attached hydrogens (tertiary/aromatic N) is 4. The second-order valence-electron chi connectivity index (χ2n) is 7.00. The lowest BCUT2D eigenvalue weighted by molar-refractivity contribution is -0.137. The predicted molar refractivity (Wildman–Crippen MR) is 122 cm³/mol. The Kier molecular flexibility index (Phi) is 7.03. The number of halogens is 3. The molecule has 172 valence electrons. The largest absolute Gasteiger partial charge is 0.416 e. The van der Waals surface area contributed by atoms with Crippen LogP contribution in [0.15, 0.2) is 63.2 Å². The normalized spacial score (nSPS) is 11.1. The lowest BCUT2D eigenvalue weighted by atomic mass is 10.1. The summed E-state index contributed by atoms with van der Waals surface area (Å²) in [5, 5.41) is 12.7. The van der Waals surface area contributed by atoms with Crippen molar-refractivity contribution in [1.82, 2.24) is 9.13 Å². The van der Waals surface area contributed by atoms with E-state index in [4.69, 9.17) is 5.26 Å². The average Bonchev–Trinajstić information content (AvgIpc) is 2.81. The number of hydrogen-bond donors (Lipinski definition) is 1. The summed E-state index contributed by atoms with van der Waals surface area (Å²) in [5.74, 6) is 5.24. The lowest BCUT2D eigenvalue weighted by Gasteiger charge is -2.16. The molecule has 0 fully saturated rings. The summed E-state index contributed by atoms with van der Waals surface area (Å²) in [6.07, 6.45) is -3.39. The maximum Gasteiger partial charge on any atom is 0.416 e. The summed E-state index contributed by atoms with van der Waals surface area (Å²) in [4.78, 5) is 25.7. The Bertz CT molecular complexity index is 1460. The molecule has 34 heavy (non-hydrogen) atoms. The van der Waals surface area contributed by atoms with E-state index in [1.165, 1.54) is 25.3 Å². The van der Waals surface area contributed by atoms with Gasteiger partial charge < -0.3 is 0 Å². The van der Waals surface area contributed by atoms with E-state index < -0.39 is 23.0 Å². The van der Waals surface area contributed by atoms with E-state index in [9.17, 15) is 22.8 Å². The summed E-state index contributed by atoms with van der Waals surface area (Å²) < 4.78 is 41.5. The van der Waals surface area contributed by atoms with Gasteiger partial charge in [-0.2, -0.15) is 23.5 Å². The van der Waals surface area contributed by atoms with E-state index >= 15 is 0 Å². The Hall–Kier alpha value is -4.57. The molecule has 3 aromatic rings. The topological polar surface area (TPSA) is 92.2 Å². The van der Waals surface area contributed by atoms with Crippen LogP contribution < -0.4 is 16.7 Å². The third-order valence-corrected chi connectivity index (χ3v) is 4.86. The summed E-state index contributed by atoms with van der Waals surface area (Å²) in [7, 11) is 0.